The monoisotopic (exact) mass is 280 g/mol. The lowest BCUT2D eigenvalue weighted by Crippen LogP contribution is -2.44. The van der Waals surface area contributed by atoms with Crippen LogP contribution in [0.25, 0.3) is 0 Å². The predicted octanol–water partition coefficient (Wildman–Crippen LogP) is -0.370. The van der Waals surface area contributed by atoms with Crippen LogP contribution in [-0.4, -0.2) is 48.6 Å². The van der Waals surface area contributed by atoms with E-state index in [0.29, 0.717) is 19.4 Å². The Morgan fingerprint density at radius 3 is 2.76 bits per heavy atom. The van der Waals surface area contributed by atoms with Crippen molar-refractivity contribution in [3.63, 3.8) is 0 Å². The molecular weight excluding hydrogens is 264 g/mol. The fourth-order valence-electron chi connectivity index (χ4n) is 1.81. The zero-order chi connectivity index (χ0) is 13.1. The molecule has 1 rings (SSSR count). The summed E-state index contributed by atoms with van der Waals surface area (Å²) in [5.74, 6) is -0.908. The van der Waals surface area contributed by atoms with E-state index in [1.54, 1.807) is 6.92 Å². The van der Waals surface area contributed by atoms with Crippen molar-refractivity contribution in [3.8, 4) is 0 Å². The molecule has 1 unspecified atom stereocenters. The van der Waals surface area contributed by atoms with E-state index in [2.05, 4.69) is 12.2 Å². The third-order valence-corrected chi connectivity index (χ3v) is 4.60. The van der Waals surface area contributed by atoms with Gasteiger partial charge < -0.3 is 10.5 Å². The van der Waals surface area contributed by atoms with Gasteiger partial charge in [0.1, 0.15) is 11.8 Å². The Balaban J connectivity index is 2.82. The largest absolute Gasteiger partial charge is 0.465 e. The van der Waals surface area contributed by atoms with E-state index in [1.165, 1.54) is 0 Å². The molecule has 8 heteroatoms. The summed E-state index contributed by atoms with van der Waals surface area (Å²) in [6.07, 6.45) is 1.12. The molecule has 2 N–H and O–H groups in total. The van der Waals surface area contributed by atoms with Gasteiger partial charge in [-0.05, 0) is 19.8 Å². The van der Waals surface area contributed by atoms with Crippen LogP contribution < -0.4 is 5.73 Å². The van der Waals surface area contributed by atoms with Gasteiger partial charge in [-0.25, -0.2) is 8.42 Å². The van der Waals surface area contributed by atoms with Crippen molar-refractivity contribution in [2.24, 2.45) is 5.73 Å². The quantitative estimate of drug-likeness (QED) is 0.546. The molecule has 1 aliphatic heterocycles. The molecule has 0 saturated carbocycles. The molecule has 1 heterocycles. The summed E-state index contributed by atoms with van der Waals surface area (Å²) in [4.78, 5) is 11.5. The second-order valence-corrected chi connectivity index (χ2v) is 6.19. The summed E-state index contributed by atoms with van der Waals surface area (Å²) < 4.78 is 29.8. The Bertz CT molecular complexity index is 407. The number of rotatable bonds is 5. The number of sulfonamides is 1. The summed E-state index contributed by atoms with van der Waals surface area (Å²) >= 11 is 4.59. The van der Waals surface area contributed by atoms with E-state index in [0.717, 1.165) is 4.31 Å². The molecule has 0 aromatic rings. The van der Waals surface area contributed by atoms with Crippen molar-refractivity contribution in [3.05, 3.63) is 0 Å². The maximum atomic E-state index is 11.9. The van der Waals surface area contributed by atoms with E-state index >= 15 is 0 Å². The molecule has 0 aromatic heterocycles. The Morgan fingerprint density at radius 1 is 1.59 bits per heavy atom. The molecule has 98 valence electrons. The number of nitrogens with two attached hydrogens (primary N) is 1. The van der Waals surface area contributed by atoms with Gasteiger partial charge in [-0.1, -0.05) is 12.2 Å². The van der Waals surface area contributed by atoms with Crippen LogP contribution in [0.4, 0.5) is 0 Å². The Morgan fingerprint density at radius 2 is 2.24 bits per heavy atom. The van der Waals surface area contributed by atoms with E-state index in [1.807, 2.05) is 0 Å². The van der Waals surface area contributed by atoms with Gasteiger partial charge in [0.2, 0.25) is 10.0 Å². The Labute approximate surface area is 106 Å². The molecule has 1 saturated heterocycles. The smallest absolute Gasteiger partial charge is 0.324 e. The highest BCUT2D eigenvalue weighted by atomic mass is 32.2. The van der Waals surface area contributed by atoms with Crippen molar-refractivity contribution in [1.82, 2.24) is 4.31 Å². The van der Waals surface area contributed by atoms with Crippen LogP contribution >= 0.6 is 12.2 Å². The molecule has 0 radical (unpaired) electrons. The van der Waals surface area contributed by atoms with Crippen molar-refractivity contribution in [2.45, 2.75) is 25.8 Å². The zero-order valence-corrected chi connectivity index (χ0v) is 11.2. The minimum absolute atomic E-state index is 0.0977. The van der Waals surface area contributed by atoms with E-state index in [-0.39, 0.29) is 11.6 Å². The van der Waals surface area contributed by atoms with Gasteiger partial charge in [-0.3, -0.25) is 4.79 Å². The summed E-state index contributed by atoms with van der Waals surface area (Å²) in [5, 5.41) is 0. The topological polar surface area (TPSA) is 89.7 Å². The second kappa shape index (κ2) is 5.74. The van der Waals surface area contributed by atoms with Crippen LogP contribution in [0, 0.1) is 0 Å². The molecule has 0 amide bonds. The van der Waals surface area contributed by atoms with Crippen molar-refractivity contribution >= 4 is 33.2 Å². The number of hydrogen-bond donors (Lipinski definition) is 1. The number of esters is 1. The Hall–Kier alpha value is -0.730. The maximum absolute atomic E-state index is 11.9. The fraction of sp³-hybridized carbons (Fsp3) is 0.778. The molecule has 0 aromatic carbocycles. The van der Waals surface area contributed by atoms with Crippen LogP contribution in [0.3, 0.4) is 0 Å². The lowest BCUT2D eigenvalue weighted by Gasteiger charge is -2.22. The van der Waals surface area contributed by atoms with Gasteiger partial charge in [-0.2, -0.15) is 4.31 Å². The summed E-state index contributed by atoms with van der Waals surface area (Å²) in [7, 11) is -3.61. The molecule has 0 bridgehead atoms. The highest BCUT2D eigenvalue weighted by Gasteiger charge is 2.39. The first kappa shape index (κ1) is 14.3. The van der Waals surface area contributed by atoms with Crippen LogP contribution in [0.5, 0.6) is 0 Å². The lowest BCUT2D eigenvalue weighted by molar-refractivity contribution is -0.146. The van der Waals surface area contributed by atoms with E-state index in [9.17, 15) is 13.2 Å². The third-order valence-electron chi connectivity index (χ3n) is 2.44. The standard InChI is InChI=1S/C9H16N2O4S2/c1-2-15-9(12)7-4-3-5-11(7)17(13,14)6-8(10)16/h7H,2-6H2,1H3,(H2,10,16). The van der Waals surface area contributed by atoms with Crippen molar-refractivity contribution in [1.29, 1.82) is 0 Å². The second-order valence-electron chi connectivity index (χ2n) is 3.74. The van der Waals surface area contributed by atoms with Gasteiger partial charge in [0.25, 0.3) is 0 Å². The molecule has 17 heavy (non-hydrogen) atoms. The summed E-state index contributed by atoms with van der Waals surface area (Å²) in [6, 6.07) is -0.728. The van der Waals surface area contributed by atoms with Crippen molar-refractivity contribution < 1.29 is 17.9 Å². The number of ether oxygens (including phenoxy) is 1. The Kier molecular flexibility index (Phi) is 4.84. The average molecular weight is 280 g/mol. The number of nitrogens with zero attached hydrogens (tertiary/aromatic N) is 1. The van der Waals surface area contributed by atoms with Crippen LogP contribution in [0.2, 0.25) is 0 Å². The van der Waals surface area contributed by atoms with Gasteiger partial charge in [0, 0.05) is 6.54 Å². The van der Waals surface area contributed by atoms with Crippen LogP contribution in [0.1, 0.15) is 19.8 Å². The first-order chi connectivity index (χ1) is 7.88. The maximum Gasteiger partial charge on any atom is 0.324 e. The number of thiocarbonyl (C=S) groups is 1. The SMILES string of the molecule is CCOC(=O)C1CCCN1S(=O)(=O)CC(N)=S. The summed E-state index contributed by atoms with van der Waals surface area (Å²) in [5.41, 5.74) is 5.24. The molecule has 1 atom stereocenters. The van der Waals surface area contributed by atoms with Gasteiger partial charge in [0.15, 0.2) is 0 Å². The normalized spacial score (nSPS) is 21.4. The highest BCUT2D eigenvalue weighted by Crippen LogP contribution is 2.22. The zero-order valence-electron chi connectivity index (χ0n) is 9.59. The first-order valence-electron chi connectivity index (χ1n) is 5.33. The molecule has 1 fully saturated rings. The van der Waals surface area contributed by atoms with Crippen molar-refractivity contribution in [2.75, 3.05) is 18.9 Å². The minimum atomic E-state index is -3.61. The number of hydrogen-bond acceptors (Lipinski definition) is 5. The molecule has 0 aliphatic carbocycles. The first-order valence-corrected chi connectivity index (χ1v) is 7.34. The number of carbonyl (C=O) groups is 1. The molecule has 1 aliphatic rings. The minimum Gasteiger partial charge on any atom is -0.465 e. The number of carbonyl (C=O) groups excluding carboxylic acids is 1. The third kappa shape index (κ3) is 3.62. The van der Waals surface area contributed by atoms with Gasteiger partial charge in [0.05, 0.1) is 11.6 Å². The summed E-state index contributed by atoms with van der Waals surface area (Å²) in [6.45, 7) is 2.23. The molecule has 0 spiro atoms. The molecule has 6 nitrogen and oxygen atoms in total. The van der Waals surface area contributed by atoms with Gasteiger partial charge >= 0.3 is 5.97 Å². The predicted molar refractivity (Wildman–Crippen MR) is 66.9 cm³/mol. The highest BCUT2D eigenvalue weighted by molar-refractivity contribution is 7.92. The van der Waals surface area contributed by atoms with E-state index < -0.39 is 27.8 Å². The lowest BCUT2D eigenvalue weighted by atomic mass is 10.2. The fourth-order valence-corrected chi connectivity index (χ4v) is 3.77. The van der Waals surface area contributed by atoms with Crippen LogP contribution in [-0.2, 0) is 19.6 Å². The van der Waals surface area contributed by atoms with Crippen LogP contribution in [0.15, 0.2) is 0 Å². The molecular formula is C9H16N2O4S2. The van der Waals surface area contributed by atoms with Gasteiger partial charge in [-0.15, -0.1) is 0 Å². The van der Waals surface area contributed by atoms with E-state index in [4.69, 9.17) is 10.5 Å². The average Bonchev–Trinajstić information content (AvgIpc) is 2.64.